The minimum Gasteiger partial charge on any atom is -0.401 e. The minimum absolute atomic E-state index is 0.0946. The van der Waals surface area contributed by atoms with E-state index in [0.29, 0.717) is 5.69 Å². The summed E-state index contributed by atoms with van der Waals surface area (Å²) in [5, 5.41) is 0. The molecule has 2 fully saturated rings. The van der Waals surface area contributed by atoms with Crippen molar-refractivity contribution in [3.05, 3.63) is 40.6 Å². The summed E-state index contributed by atoms with van der Waals surface area (Å²) in [4.78, 5) is 11.7. The minimum atomic E-state index is -0.488. The molecule has 2 N–H and O–H groups in total. The van der Waals surface area contributed by atoms with Crippen LogP contribution in [0.5, 0.6) is 0 Å². The van der Waals surface area contributed by atoms with Crippen LogP contribution in [0.1, 0.15) is 45.1 Å². The molecule has 0 amide bonds. The van der Waals surface area contributed by atoms with E-state index in [2.05, 4.69) is 23.6 Å². The van der Waals surface area contributed by atoms with Gasteiger partial charge < -0.3 is 10.6 Å². The van der Waals surface area contributed by atoms with Crippen molar-refractivity contribution in [1.29, 1.82) is 0 Å². The summed E-state index contributed by atoms with van der Waals surface area (Å²) in [6.45, 7) is 13.6. The summed E-state index contributed by atoms with van der Waals surface area (Å²) in [6, 6.07) is 2.91. The third-order valence-electron chi connectivity index (χ3n) is 6.69. The van der Waals surface area contributed by atoms with Crippen molar-refractivity contribution in [3.8, 4) is 0 Å². The van der Waals surface area contributed by atoms with Gasteiger partial charge in [0.1, 0.15) is 5.82 Å². The average Bonchev–Trinajstić information content (AvgIpc) is 3.26. The number of rotatable bonds is 9. The van der Waals surface area contributed by atoms with E-state index in [0.717, 1.165) is 90.3 Å². The highest BCUT2D eigenvalue weighted by Gasteiger charge is 2.22. The molecule has 178 valence electrons. The smallest absolute Gasteiger partial charge is 0.152 e. The molecule has 1 saturated heterocycles. The molecule has 1 aliphatic carbocycles. The van der Waals surface area contributed by atoms with E-state index in [1.807, 2.05) is 4.90 Å². The summed E-state index contributed by atoms with van der Waals surface area (Å²) in [5.41, 5.74) is 10.5. The molecule has 0 spiro atoms. The molecule has 1 aromatic rings. The first kappa shape index (κ1) is 24.6. The van der Waals surface area contributed by atoms with Gasteiger partial charge in [0.05, 0.1) is 12.2 Å². The maximum Gasteiger partial charge on any atom is 0.152 e. The number of anilines is 1. The fourth-order valence-corrected chi connectivity index (χ4v) is 4.68. The topological polar surface area (TPSA) is 48.1 Å². The predicted molar refractivity (Wildman–Crippen MR) is 130 cm³/mol. The van der Waals surface area contributed by atoms with Gasteiger partial charge in [0, 0.05) is 56.2 Å². The summed E-state index contributed by atoms with van der Waals surface area (Å²) >= 11 is 0. The quantitative estimate of drug-likeness (QED) is 0.622. The Labute approximate surface area is 192 Å². The van der Waals surface area contributed by atoms with E-state index in [-0.39, 0.29) is 5.56 Å². The van der Waals surface area contributed by atoms with Crippen molar-refractivity contribution in [2.75, 3.05) is 63.8 Å². The highest BCUT2D eigenvalue weighted by molar-refractivity contribution is 6.02. The van der Waals surface area contributed by atoms with Crippen LogP contribution >= 0.6 is 0 Å². The molecule has 7 heteroatoms. The molecular formula is C25H39F2N5. The van der Waals surface area contributed by atoms with Crippen molar-refractivity contribution in [2.45, 2.75) is 46.5 Å². The second-order valence-electron chi connectivity index (χ2n) is 8.89. The summed E-state index contributed by atoms with van der Waals surface area (Å²) in [7, 11) is 0. The van der Waals surface area contributed by atoms with Gasteiger partial charge >= 0.3 is 0 Å². The lowest BCUT2D eigenvalue weighted by Gasteiger charge is -2.36. The normalized spacial score (nSPS) is 20.6. The number of likely N-dealkylation sites (N-methyl/N-ethyl adjacent to an activating group) is 1. The van der Waals surface area contributed by atoms with Crippen LogP contribution in [0, 0.1) is 18.6 Å². The molecule has 5 nitrogen and oxygen atoms in total. The molecule has 1 aromatic carbocycles. The molecule has 0 radical (unpaired) electrons. The molecule has 32 heavy (non-hydrogen) atoms. The van der Waals surface area contributed by atoms with Crippen LogP contribution in [0.4, 0.5) is 14.5 Å². The molecular weight excluding hydrogens is 408 g/mol. The van der Waals surface area contributed by atoms with E-state index in [4.69, 9.17) is 10.7 Å². The van der Waals surface area contributed by atoms with Gasteiger partial charge in [-0.1, -0.05) is 13.8 Å². The van der Waals surface area contributed by atoms with E-state index in [1.54, 1.807) is 6.07 Å². The number of allylic oxidation sites excluding steroid dienone is 1. The molecule has 0 atom stereocenters. The molecule has 0 unspecified atom stereocenters. The van der Waals surface area contributed by atoms with E-state index in [9.17, 15) is 8.78 Å². The van der Waals surface area contributed by atoms with Crippen LogP contribution in [-0.4, -0.2) is 74.4 Å². The van der Waals surface area contributed by atoms with Crippen molar-refractivity contribution < 1.29 is 8.78 Å². The Hall–Kier alpha value is -1.99. The van der Waals surface area contributed by atoms with Gasteiger partial charge in [-0.05, 0) is 63.4 Å². The fourth-order valence-electron chi connectivity index (χ4n) is 4.68. The first-order chi connectivity index (χ1) is 15.4. The number of nitrogens with two attached hydrogens (primary N) is 1. The van der Waals surface area contributed by atoms with E-state index >= 15 is 0 Å². The number of halogens is 2. The van der Waals surface area contributed by atoms with Crippen molar-refractivity contribution >= 4 is 11.4 Å². The lowest BCUT2D eigenvalue weighted by Crippen LogP contribution is -2.47. The lowest BCUT2D eigenvalue weighted by molar-refractivity contribution is 0.264. The van der Waals surface area contributed by atoms with Gasteiger partial charge in [0.25, 0.3) is 0 Å². The number of nitrogens with zero attached hydrogens (tertiary/aromatic N) is 4. The molecule has 3 rings (SSSR count). The third-order valence-corrected chi connectivity index (χ3v) is 6.69. The highest BCUT2D eigenvalue weighted by Crippen LogP contribution is 2.26. The van der Waals surface area contributed by atoms with Crippen molar-refractivity contribution in [1.82, 2.24) is 9.80 Å². The molecule has 1 heterocycles. The van der Waals surface area contributed by atoms with Crippen LogP contribution in [0.2, 0.25) is 0 Å². The molecule has 0 aromatic heterocycles. The Morgan fingerprint density at radius 3 is 2.56 bits per heavy atom. The molecule has 1 aliphatic heterocycles. The lowest BCUT2D eigenvalue weighted by atomic mass is 10.1. The summed E-state index contributed by atoms with van der Waals surface area (Å²) < 4.78 is 28.0. The largest absolute Gasteiger partial charge is 0.401 e. The van der Waals surface area contributed by atoms with Gasteiger partial charge in [-0.2, -0.15) is 0 Å². The van der Waals surface area contributed by atoms with E-state index < -0.39 is 11.6 Å². The molecule has 2 aliphatic rings. The Kier molecular flexibility index (Phi) is 9.05. The maximum atomic E-state index is 14.4. The highest BCUT2D eigenvalue weighted by atomic mass is 19.1. The monoisotopic (exact) mass is 447 g/mol. The zero-order valence-corrected chi connectivity index (χ0v) is 20.0. The third kappa shape index (κ3) is 6.07. The maximum absolute atomic E-state index is 14.4. The SMILES string of the molecule is CCCN(CC)C/C(N)=C1\CCCC1=NCCN1CCN(c2ccc(F)c(C)c2F)CC1. The fraction of sp³-hybridized carbons (Fsp3) is 0.640. The number of hydrogen-bond donors (Lipinski definition) is 1. The Balaban J connectivity index is 1.51. The zero-order valence-electron chi connectivity index (χ0n) is 20.0. The Bertz CT molecular complexity index is 828. The second kappa shape index (κ2) is 11.8. The standard InChI is InChI=1S/C25H39F2N5/c1-4-12-30(5-2)18-22(28)20-7-6-8-23(20)29-11-13-31-14-16-32(17-15-31)24-10-9-21(26)19(3)25(24)27/h9-10H,4-8,11-18,28H2,1-3H3/b22-20-,29-23?. The number of aliphatic imine (C=N–C) groups is 1. The molecule has 1 saturated carbocycles. The first-order valence-corrected chi connectivity index (χ1v) is 12.1. The van der Waals surface area contributed by atoms with Gasteiger partial charge in [-0.15, -0.1) is 0 Å². The van der Waals surface area contributed by atoms with Gasteiger partial charge in [0.15, 0.2) is 5.82 Å². The van der Waals surface area contributed by atoms with Crippen LogP contribution in [0.3, 0.4) is 0 Å². The van der Waals surface area contributed by atoms with Crippen LogP contribution in [0.15, 0.2) is 28.4 Å². The van der Waals surface area contributed by atoms with E-state index in [1.165, 1.54) is 24.3 Å². The second-order valence-corrected chi connectivity index (χ2v) is 8.89. The van der Waals surface area contributed by atoms with Crippen LogP contribution in [0.25, 0.3) is 0 Å². The van der Waals surface area contributed by atoms with Gasteiger partial charge in [-0.25, -0.2) is 8.78 Å². The van der Waals surface area contributed by atoms with Crippen molar-refractivity contribution in [2.24, 2.45) is 10.7 Å². The first-order valence-electron chi connectivity index (χ1n) is 12.1. The Morgan fingerprint density at radius 2 is 1.88 bits per heavy atom. The predicted octanol–water partition coefficient (Wildman–Crippen LogP) is 3.96. The average molecular weight is 448 g/mol. The van der Waals surface area contributed by atoms with Gasteiger partial charge in [0.2, 0.25) is 0 Å². The number of hydrogen-bond acceptors (Lipinski definition) is 5. The van der Waals surface area contributed by atoms with Crippen LogP contribution < -0.4 is 10.6 Å². The van der Waals surface area contributed by atoms with Gasteiger partial charge in [-0.3, -0.25) is 14.8 Å². The summed E-state index contributed by atoms with van der Waals surface area (Å²) in [6.07, 6.45) is 4.33. The van der Waals surface area contributed by atoms with Crippen molar-refractivity contribution in [3.63, 3.8) is 0 Å². The number of benzene rings is 1. The summed E-state index contributed by atoms with van der Waals surface area (Å²) in [5.74, 6) is -0.929. The zero-order chi connectivity index (χ0) is 23.1. The van der Waals surface area contributed by atoms with Crippen LogP contribution in [-0.2, 0) is 0 Å². The molecule has 0 bridgehead atoms. The Morgan fingerprint density at radius 1 is 1.12 bits per heavy atom. The number of piperazine rings is 1.